The number of ether oxygens (including phenoxy) is 2. The second-order valence-corrected chi connectivity index (χ2v) is 5.06. The molecular formula is C15H22N2O4. The van der Waals surface area contributed by atoms with Gasteiger partial charge in [0.1, 0.15) is 17.6 Å². The van der Waals surface area contributed by atoms with Crippen molar-refractivity contribution in [2.24, 2.45) is 5.73 Å². The van der Waals surface area contributed by atoms with Crippen LogP contribution in [0.3, 0.4) is 0 Å². The maximum absolute atomic E-state index is 11.6. The number of aliphatic hydroxyl groups excluding tert-OH is 1. The van der Waals surface area contributed by atoms with Crippen LogP contribution in [0.15, 0.2) is 24.3 Å². The van der Waals surface area contributed by atoms with E-state index < -0.39 is 6.10 Å². The van der Waals surface area contributed by atoms with Gasteiger partial charge in [0, 0.05) is 25.6 Å². The van der Waals surface area contributed by atoms with Crippen LogP contribution in [0.1, 0.15) is 12.8 Å². The van der Waals surface area contributed by atoms with Crippen LogP contribution < -0.4 is 15.2 Å². The molecule has 0 saturated carbocycles. The molecule has 21 heavy (non-hydrogen) atoms. The average Bonchev–Trinajstić information content (AvgIpc) is 2.69. The van der Waals surface area contributed by atoms with Crippen LogP contribution in [0.2, 0.25) is 0 Å². The van der Waals surface area contributed by atoms with E-state index in [0.717, 1.165) is 0 Å². The Kier molecular flexibility index (Phi) is 5.41. The van der Waals surface area contributed by atoms with Gasteiger partial charge in [-0.2, -0.15) is 0 Å². The first-order valence-corrected chi connectivity index (χ1v) is 7.10. The summed E-state index contributed by atoms with van der Waals surface area (Å²) in [6.07, 6.45) is 0.115. The molecule has 116 valence electrons. The first-order chi connectivity index (χ1) is 10.1. The minimum Gasteiger partial charge on any atom is -0.497 e. The lowest BCUT2D eigenvalue weighted by Gasteiger charge is -2.22. The fourth-order valence-corrected chi connectivity index (χ4v) is 2.43. The van der Waals surface area contributed by atoms with Gasteiger partial charge < -0.3 is 25.2 Å². The monoisotopic (exact) mass is 294 g/mol. The number of benzene rings is 1. The standard InChI is InChI=1S/C15H22N2O4/c1-20-11-3-2-4-12(9-11)21-14-6-8-17(15(19)10-16)7-5-13(14)18/h2-4,9,13-14,18H,5-8,10,16H2,1H3/t13-,14-/m0/s1. The van der Waals surface area contributed by atoms with E-state index in [4.69, 9.17) is 15.2 Å². The molecule has 1 saturated heterocycles. The van der Waals surface area contributed by atoms with Gasteiger partial charge in [0.2, 0.25) is 5.91 Å². The van der Waals surface area contributed by atoms with Crippen molar-refractivity contribution in [3.05, 3.63) is 24.3 Å². The summed E-state index contributed by atoms with van der Waals surface area (Å²) >= 11 is 0. The Morgan fingerprint density at radius 2 is 2.10 bits per heavy atom. The predicted molar refractivity (Wildman–Crippen MR) is 78.3 cm³/mol. The zero-order valence-corrected chi connectivity index (χ0v) is 12.2. The summed E-state index contributed by atoms with van der Waals surface area (Å²) in [4.78, 5) is 13.3. The molecule has 0 aromatic heterocycles. The molecule has 1 amide bonds. The van der Waals surface area contributed by atoms with Gasteiger partial charge in [-0.1, -0.05) is 6.07 Å². The van der Waals surface area contributed by atoms with Crippen LogP contribution in [-0.2, 0) is 4.79 Å². The Morgan fingerprint density at radius 3 is 2.81 bits per heavy atom. The Labute approximate surface area is 124 Å². The molecule has 0 radical (unpaired) electrons. The summed E-state index contributed by atoms with van der Waals surface area (Å²) < 4.78 is 11.0. The van der Waals surface area contributed by atoms with Crippen molar-refractivity contribution >= 4 is 5.91 Å². The van der Waals surface area contributed by atoms with Gasteiger partial charge in [0.05, 0.1) is 19.8 Å². The minimum absolute atomic E-state index is 0.00248. The van der Waals surface area contributed by atoms with Crippen molar-refractivity contribution < 1.29 is 19.4 Å². The van der Waals surface area contributed by atoms with Crippen LogP contribution in [0, 0.1) is 0 Å². The summed E-state index contributed by atoms with van der Waals surface area (Å²) in [5, 5.41) is 10.2. The van der Waals surface area contributed by atoms with E-state index in [0.29, 0.717) is 37.4 Å². The number of hydrogen-bond donors (Lipinski definition) is 2. The van der Waals surface area contributed by atoms with E-state index in [2.05, 4.69) is 0 Å². The largest absolute Gasteiger partial charge is 0.497 e. The van der Waals surface area contributed by atoms with Crippen LogP contribution >= 0.6 is 0 Å². The maximum atomic E-state index is 11.6. The molecule has 0 unspecified atom stereocenters. The van der Waals surface area contributed by atoms with Crippen molar-refractivity contribution in [1.82, 2.24) is 4.90 Å². The molecule has 1 aromatic carbocycles. The zero-order chi connectivity index (χ0) is 15.2. The smallest absolute Gasteiger partial charge is 0.236 e. The first-order valence-electron chi connectivity index (χ1n) is 7.10. The lowest BCUT2D eigenvalue weighted by Crippen LogP contribution is -2.37. The summed E-state index contributed by atoms with van der Waals surface area (Å²) in [6, 6.07) is 7.27. The summed E-state index contributed by atoms with van der Waals surface area (Å²) in [5.74, 6) is 1.26. The number of hydrogen-bond acceptors (Lipinski definition) is 5. The van der Waals surface area contributed by atoms with E-state index >= 15 is 0 Å². The Morgan fingerprint density at radius 1 is 1.38 bits per heavy atom. The van der Waals surface area contributed by atoms with Gasteiger partial charge in [-0.15, -0.1) is 0 Å². The Balaban J connectivity index is 2.00. The average molecular weight is 294 g/mol. The van der Waals surface area contributed by atoms with Gasteiger partial charge >= 0.3 is 0 Å². The number of aliphatic hydroxyl groups is 1. The Hall–Kier alpha value is -1.79. The highest BCUT2D eigenvalue weighted by Crippen LogP contribution is 2.23. The third kappa shape index (κ3) is 4.09. The quantitative estimate of drug-likeness (QED) is 0.839. The second-order valence-electron chi connectivity index (χ2n) is 5.06. The zero-order valence-electron chi connectivity index (χ0n) is 12.2. The second kappa shape index (κ2) is 7.28. The van der Waals surface area contributed by atoms with Gasteiger partial charge in [0.15, 0.2) is 0 Å². The normalized spacial score (nSPS) is 22.5. The third-order valence-corrected chi connectivity index (χ3v) is 3.66. The van der Waals surface area contributed by atoms with E-state index in [1.54, 1.807) is 18.1 Å². The molecule has 3 N–H and O–H groups in total. The molecule has 2 atom stereocenters. The number of nitrogens with zero attached hydrogens (tertiary/aromatic N) is 1. The third-order valence-electron chi connectivity index (χ3n) is 3.66. The van der Waals surface area contributed by atoms with Crippen LogP contribution in [0.5, 0.6) is 11.5 Å². The van der Waals surface area contributed by atoms with E-state index in [-0.39, 0.29) is 18.6 Å². The summed E-state index contributed by atoms with van der Waals surface area (Å²) in [7, 11) is 1.59. The molecule has 1 aromatic rings. The fraction of sp³-hybridized carbons (Fsp3) is 0.533. The number of likely N-dealkylation sites (tertiary alicyclic amines) is 1. The van der Waals surface area contributed by atoms with E-state index in [1.807, 2.05) is 18.2 Å². The molecule has 1 fully saturated rings. The molecule has 0 bridgehead atoms. The highest BCUT2D eigenvalue weighted by atomic mass is 16.5. The maximum Gasteiger partial charge on any atom is 0.236 e. The lowest BCUT2D eigenvalue weighted by molar-refractivity contribution is -0.129. The van der Waals surface area contributed by atoms with Gasteiger partial charge in [0.25, 0.3) is 0 Å². The number of nitrogens with two attached hydrogens (primary N) is 1. The van der Waals surface area contributed by atoms with Crippen LogP contribution in [0.4, 0.5) is 0 Å². The molecule has 0 spiro atoms. The molecule has 1 aliphatic rings. The molecular weight excluding hydrogens is 272 g/mol. The summed E-state index contributed by atoms with van der Waals surface area (Å²) in [5.41, 5.74) is 5.38. The molecule has 6 heteroatoms. The number of rotatable bonds is 4. The topological polar surface area (TPSA) is 85.0 Å². The van der Waals surface area contributed by atoms with Crippen molar-refractivity contribution in [3.63, 3.8) is 0 Å². The van der Waals surface area contributed by atoms with Gasteiger partial charge in [-0.3, -0.25) is 4.79 Å². The van der Waals surface area contributed by atoms with Gasteiger partial charge in [-0.05, 0) is 18.6 Å². The molecule has 0 aliphatic carbocycles. The van der Waals surface area contributed by atoms with E-state index in [9.17, 15) is 9.90 Å². The highest BCUT2D eigenvalue weighted by Gasteiger charge is 2.28. The lowest BCUT2D eigenvalue weighted by atomic mass is 10.1. The van der Waals surface area contributed by atoms with Crippen molar-refractivity contribution in [2.45, 2.75) is 25.0 Å². The van der Waals surface area contributed by atoms with Crippen molar-refractivity contribution in [3.8, 4) is 11.5 Å². The van der Waals surface area contributed by atoms with Crippen LogP contribution in [0.25, 0.3) is 0 Å². The predicted octanol–water partition coefficient (Wildman–Crippen LogP) is 0.385. The fourth-order valence-electron chi connectivity index (χ4n) is 2.43. The van der Waals surface area contributed by atoms with Crippen molar-refractivity contribution in [2.75, 3.05) is 26.7 Å². The SMILES string of the molecule is COc1cccc(O[C@H]2CCN(C(=O)CN)CC[C@@H]2O)c1. The summed E-state index contributed by atoms with van der Waals surface area (Å²) in [6.45, 7) is 1.05. The Bertz CT molecular complexity index is 480. The number of amides is 1. The first kappa shape index (κ1) is 15.6. The minimum atomic E-state index is -0.605. The molecule has 2 rings (SSSR count). The van der Waals surface area contributed by atoms with E-state index in [1.165, 1.54) is 0 Å². The number of carbonyl (C=O) groups is 1. The number of methoxy groups -OCH3 is 1. The molecule has 1 heterocycles. The van der Waals surface area contributed by atoms with Crippen molar-refractivity contribution in [1.29, 1.82) is 0 Å². The molecule has 1 aliphatic heterocycles. The number of carbonyl (C=O) groups excluding carboxylic acids is 1. The van der Waals surface area contributed by atoms with Crippen LogP contribution in [-0.4, -0.2) is 54.9 Å². The molecule has 6 nitrogen and oxygen atoms in total. The highest BCUT2D eigenvalue weighted by molar-refractivity contribution is 5.78. The van der Waals surface area contributed by atoms with Gasteiger partial charge in [-0.25, -0.2) is 0 Å².